The largest absolute Gasteiger partial charge is 0.336 e. The Kier molecular flexibility index (Phi) is 4.38. The van der Waals surface area contributed by atoms with Crippen molar-refractivity contribution in [3.05, 3.63) is 28.2 Å². The number of thiol groups is 1. The van der Waals surface area contributed by atoms with Gasteiger partial charge in [0.1, 0.15) is 0 Å². The molecule has 4 heteroatoms. The highest BCUT2D eigenvalue weighted by Crippen LogP contribution is 2.27. The predicted molar refractivity (Wildman–Crippen MR) is 80.3 cm³/mol. The van der Waals surface area contributed by atoms with E-state index in [0.717, 1.165) is 22.3 Å². The number of likely N-dealkylation sites (tertiary alicyclic amines) is 1. The molecule has 0 saturated carbocycles. The number of benzene rings is 1. The zero-order valence-corrected chi connectivity index (χ0v) is 13.2. The fourth-order valence-electron chi connectivity index (χ4n) is 2.46. The van der Waals surface area contributed by atoms with Crippen molar-refractivity contribution >= 4 is 34.5 Å². The summed E-state index contributed by atoms with van der Waals surface area (Å²) in [4.78, 5) is 15.3. The Labute approximate surface area is 122 Å². The zero-order chi connectivity index (χ0) is 13.3. The van der Waals surface area contributed by atoms with E-state index in [9.17, 15) is 4.79 Å². The Morgan fingerprint density at radius 2 is 2.17 bits per heavy atom. The number of piperidine rings is 1. The van der Waals surface area contributed by atoms with Crippen molar-refractivity contribution < 1.29 is 4.79 Å². The molecule has 1 amide bonds. The molecule has 1 aromatic rings. The van der Waals surface area contributed by atoms with E-state index in [2.05, 4.69) is 42.4 Å². The van der Waals surface area contributed by atoms with E-state index in [4.69, 9.17) is 0 Å². The smallest absolute Gasteiger partial charge is 0.255 e. The van der Waals surface area contributed by atoms with E-state index < -0.39 is 0 Å². The minimum Gasteiger partial charge on any atom is -0.336 e. The number of hydrogen-bond acceptors (Lipinski definition) is 2. The molecule has 1 aromatic carbocycles. The molecule has 1 aliphatic heterocycles. The Bertz CT molecular complexity index is 463. The summed E-state index contributed by atoms with van der Waals surface area (Å²) in [7, 11) is 0. The molecule has 98 valence electrons. The predicted octanol–water partition coefficient (Wildman–Crippen LogP) is 4.00. The van der Waals surface area contributed by atoms with E-state index in [-0.39, 0.29) is 5.91 Å². The number of rotatable bonds is 1. The second-order valence-corrected chi connectivity index (χ2v) is 6.42. The molecule has 0 spiro atoms. The van der Waals surface area contributed by atoms with Crippen molar-refractivity contribution in [2.75, 3.05) is 6.54 Å². The molecule has 0 bridgehead atoms. The second-order valence-electron chi connectivity index (χ2n) is 5.02. The van der Waals surface area contributed by atoms with Gasteiger partial charge in [0.15, 0.2) is 0 Å². The second kappa shape index (κ2) is 5.66. The van der Waals surface area contributed by atoms with Gasteiger partial charge in [-0.15, -0.1) is 12.6 Å². The van der Waals surface area contributed by atoms with Gasteiger partial charge in [0.05, 0.1) is 5.56 Å². The molecule has 0 N–H and O–H groups in total. The van der Waals surface area contributed by atoms with Crippen molar-refractivity contribution in [1.82, 2.24) is 4.90 Å². The molecular formula is C14H18BrNOS. The minimum absolute atomic E-state index is 0.103. The third-order valence-corrected chi connectivity index (χ3v) is 4.69. The van der Waals surface area contributed by atoms with Gasteiger partial charge in [0, 0.05) is 22.0 Å². The molecule has 1 heterocycles. The van der Waals surface area contributed by atoms with Crippen LogP contribution in [0, 0.1) is 5.92 Å². The van der Waals surface area contributed by atoms with Crippen LogP contribution in [0.5, 0.6) is 0 Å². The summed E-state index contributed by atoms with van der Waals surface area (Å²) in [6.07, 6.45) is 2.30. The molecule has 2 unspecified atom stereocenters. The fourth-order valence-corrected chi connectivity index (χ4v) is 3.31. The fraction of sp³-hybridized carbons (Fsp3) is 0.500. The third-order valence-electron chi connectivity index (χ3n) is 3.82. The normalized spacial score (nSPS) is 24.1. The molecule has 2 rings (SSSR count). The first-order valence-electron chi connectivity index (χ1n) is 6.30. The topological polar surface area (TPSA) is 20.3 Å². The van der Waals surface area contributed by atoms with Gasteiger partial charge < -0.3 is 4.90 Å². The standard InChI is InChI=1S/C14H18BrNOS/c1-9-4-3-7-16(10(9)2)14(17)12-6-5-11(15)8-13(12)18/h5-6,8-10,18H,3-4,7H2,1-2H3. The average Bonchev–Trinajstić information content (AvgIpc) is 2.32. The van der Waals surface area contributed by atoms with Gasteiger partial charge in [-0.2, -0.15) is 0 Å². The quantitative estimate of drug-likeness (QED) is 0.773. The lowest BCUT2D eigenvalue weighted by atomic mass is 9.91. The van der Waals surface area contributed by atoms with E-state index in [1.54, 1.807) is 0 Å². The molecule has 1 aliphatic rings. The summed E-state index contributed by atoms with van der Waals surface area (Å²) < 4.78 is 0.948. The van der Waals surface area contributed by atoms with Crippen LogP contribution < -0.4 is 0 Å². The number of nitrogens with zero attached hydrogens (tertiary/aromatic N) is 1. The van der Waals surface area contributed by atoms with Crippen LogP contribution in [0.1, 0.15) is 37.0 Å². The average molecular weight is 328 g/mol. The highest BCUT2D eigenvalue weighted by molar-refractivity contribution is 9.10. The Morgan fingerprint density at radius 3 is 2.83 bits per heavy atom. The molecule has 1 saturated heterocycles. The molecular weight excluding hydrogens is 310 g/mol. The lowest BCUT2D eigenvalue weighted by Gasteiger charge is -2.38. The van der Waals surface area contributed by atoms with Gasteiger partial charge in [-0.1, -0.05) is 22.9 Å². The molecule has 0 radical (unpaired) electrons. The maximum atomic E-state index is 12.5. The van der Waals surface area contributed by atoms with Gasteiger partial charge in [-0.05, 0) is 43.9 Å². The SMILES string of the molecule is CC1CCCN(C(=O)c2ccc(Br)cc2S)C1C. The molecule has 2 nitrogen and oxygen atoms in total. The molecule has 2 atom stereocenters. The Morgan fingerprint density at radius 1 is 1.44 bits per heavy atom. The monoisotopic (exact) mass is 327 g/mol. The van der Waals surface area contributed by atoms with Crippen molar-refractivity contribution in [2.45, 2.75) is 37.6 Å². The van der Waals surface area contributed by atoms with Gasteiger partial charge in [-0.25, -0.2) is 0 Å². The summed E-state index contributed by atoms with van der Waals surface area (Å²) in [6, 6.07) is 5.92. The lowest BCUT2D eigenvalue weighted by molar-refractivity contribution is 0.0547. The highest BCUT2D eigenvalue weighted by Gasteiger charge is 2.29. The van der Waals surface area contributed by atoms with Crippen LogP contribution in [0.2, 0.25) is 0 Å². The Hall–Kier alpha value is -0.480. The van der Waals surface area contributed by atoms with Crippen LogP contribution in [0.15, 0.2) is 27.6 Å². The van der Waals surface area contributed by atoms with E-state index in [1.165, 1.54) is 6.42 Å². The highest BCUT2D eigenvalue weighted by atomic mass is 79.9. The van der Waals surface area contributed by atoms with E-state index >= 15 is 0 Å². The summed E-state index contributed by atoms with van der Waals surface area (Å²) in [5, 5.41) is 0. The summed E-state index contributed by atoms with van der Waals surface area (Å²) in [5.74, 6) is 0.674. The van der Waals surface area contributed by atoms with Crippen molar-refractivity contribution in [3.8, 4) is 0 Å². The van der Waals surface area contributed by atoms with Gasteiger partial charge >= 0.3 is 0 Å². The maximum absolute atomic E-state index is 12.5. The molecule has 1 fully saturated rings. The number of halogens is 1. The first-order valence-corrected chi connectivity index (χ1v) is 7.54. The first-order chi connectivity index (χ1) is 8.50. The Balaban J connectivity index is 2.25. The van der Waals surface area contributed by atoms with Gasteiger partial charge in [0.2, 0.25) is 0 Å². The first kappa shape index (κ1) is 13.9. The lowest BCUT2D eigenvalue weighted by Crippen LogP contribution is -2.46. The zero-order valence-electron chi connectivity index (χ0n) is 10.7. The number of carbonyl (C=O) groups excluding carboxylic acids is 1. The number of carbonyl (C=O) groups is 1. The minimum atomic E-state index is 0.103. The number of hydrogen-bond donors (Lipinski definition) is 1. The number of amides is 1. The summed E-state index contributed by atoms with van der Waals surface area (Å²) >= 11 is 7.79. The van der Waals surface area contributed by atoms with Crippen LogP contribution in [-0.2, 0) is 0 Å². The maximum Gasteiger partial charge on any atom is 0.255 e. The van der Waals surface area contributed by atoms with Gasteiger partial charge in [0.25, 0.3) is 5.91 Å². The van der Waals surface area contributed by atoms with Crippen molar-refractivity contribution in [1.29, 1.82) is 0 Å². The van der Waals surface area contributed by atoms with Crippen LogP contribution in [0.3, 0.4) is 0 Å². The summed E-state index contributed by atoms with van der Waals surface area (Å²) in [5.41, 5.74) is 0.697. The summed E-state index contributed by atoms with van der Waals surface area (Å²) in [6.45, 7) is 5.21. The van der Waals surface area contributed by atoms with Gasteiger partial charge in [-0.3, -0.25) is 4.79 Å². The van der Waals surface area contributed by atoms with E-state index in [1.807, 2.05) is 23.1 Å². The van der Waals surface area contributed by atoms with Crippen LogP contribution in [0.25, 0.3) is 0 Å². The molecule has 0 aliphatic carbocycles. The van der Waals surface area contributed by atoms with E-state index in [0.29, 0.717) is 17.5 Å². The van der Waals surface area contributed by atoms with Crippen LogP contribution in [-0.4, -0.2) is 23.4 Å². The van der Waals surface area contributed by atoms with Crippen LogP contribution >= 0.6 is 28.6 Å². The molecule has 0 aromatic heterocycles. The van der Waals surface area contributed by atoms with Crippen molar-refractivity contribution in [3.63, 3.8) is 0 Å². The molecule has 18 heavy (non-hydrogen) atoms. The third kappa shape index (κ3) is 2.75. The van der Waals surface area contributed by atoms with Crippen LogP contribution in [0.4, 0.5) is 0 Å². The van der Waals surface area contributed by atoms with Crippen molar-refractivity contribution in [2.24, 2.45) is 5.92 Å².